The van der Waals surface area contributed by atoms with Gasteiger partial charge in [0.15, 0.2) is 0 Å². The molecule has 0 saturated carbocycles. The van der Waals surface area contributed by atoms with Crippen LogP contribution in [0.4, 0.5) is 5.69 Å². The first-order valence-electron chi connectivity index (χ1n) is 9.12. The largest absolute Gasteiger partial charge is 0.326 e. The standard InChI is InChI=1S/C24H22N2O/c1-14-5-7-16(3)19(11-14)24-20-12-15(2)6-9-22(20)26-23-10-8-18(13-21(23)24)25-17(4)27/h5-13H,1-4H3,(H,25,27). The van der Waals surface area contributed by atoms with Crippen molar-refractivity contribution in [1.82, 2.24) is 4.98 Å². The Morgan fingerprint density at radius 3 is 2.19 bits per heavy atom. The molecule has 0 radical (unpaired) electrons. The Bertz CT molecular complexity index is 1210. The number of amides is 1. The molecule has 1 aromatic heterocycles. The van der Waals surface area contributed by atoms with Crippen LogP contribution in [-0.4, -0.2) is 10.9 Å². The molecule has 0 unspecified atom stereocenters. The number of nitrogens with zero attached hydrogens (tertiary/aromatic N) is 1. The summed E-state index contributed by atoms with van der Waals surface area (Å²) in [6.45, 7) is 7.88. The number of benzene rings is 3. The van der Waals surface area contributed by atoms with Gasteiger partial charge in [-0.3, -0.25) is 4.79 Å². The van der Waals surface area contributed by atoms with Crippen LogP contribution in [0.5, 0.6) is 0 Å². The van der Waals surface area contributed by atoms with Gasteiger partial charge in [-0.1, -0.05) is 35.4 Å². The molecule has 27 heavy (non-hydrogen) atoms. The van der Waals surface area contributed by atoms with E-state index in [4.69, 9.17) is 4.98 Å². The molecule has 0 saturated heterocycles. The first kappa shape index (κ1) is 17.2. The maximum Gasteiger partial charge on any atom is 0.221 e. The Morgan fingerprint density at radius 2 is 1.44 bits per heavy atom. The average Bonchev–Trinajstić information content (AvgIpc) is 2.62. The van der Waals surface area contributed by atoms with Crippen LogP contribution < -0.4 is 5.32 Å². The maximum atomic E-state index is 11.5. The minimum atomic E-state index is -0.0766. The topological polar surface area (TPSA) is 42.0 Å². The zero-order valence-corrected chi connectivity index (χ0v) is 16.1. The Balaban J connectivity index is 2.16. The van der Waals surface area contributed by atoms with Crippen LogP contribution in [-0.2, 0) is 4.79 Å². The van der Waals surface area contributed by atoms with Crippen LogP contribution in [0, 0.1) is 20.8 Å². The number of hydrogen-bond donors (Lipinski definition) is 1. The minimum absolute atomic E-state index is 0.0766. The van der Waals surface area contributed by atoms with Crippen molar-refractivity contribution in [2.24, 2.45) is 0 Å². The predicted octanol–water partition coefficient (Wildman–Crippen LogP) is 5.94. The van der Waals surface area contributed by atoms with Gasteiger partial charge in [-0.15, -0.1) is 0 Å². The van der Waals surface area contributed by atoms with Crippen LogP contribution in [0.1, 0.15) is 23.6 Å². The fraction of sp³-hybridized carbons (Fsp3) is 0.167. The summed E-state index contributed by atoms with van der Waals surface area (Å²) in [5.74, 6) is -0.0766. The lowest BCUT2D eigenvalue weighted by atomic mass is 9.91. The van der Waals surface area contributed by atoms with E-state index in [0.717, 1.165) is 27.5 Å². The molecule has 1 heterocycles. The smallest absolute Gasteiger partial charge is 0.221 e. The number of aromatic nitrogens is 1. The van der Waals surface area contributed by atoms with Gasteiger partial charge in [-0.2, -0.15) is 0 Å². The van der Waals surface area contributed by atoms with Crippen molar-refractivity contribution >= 4 is 33.4 Å². The maximum absolute atomic E-state index is 11.5. The molecule has 3 aromatic carbocycles. The first-order chi connectivity index (χ1) is 12.9. The third kappa shape index (κ3) is 3.17. The molecule has 3 nitrogen and oxygen atoms in total. The zero-order valence-electron chi connectivity index (χ0n) is 16.1. The van der Waals surface area contributed by atoms with Crippen LogP contribution in [0.15, 0.2) is 54.6 Å². The molecule has 0 bridgehead atoms. The molecular formula is C24H22N2O. The highest BCUT2D eigenvalue weighted by Gasteiger charge is 2.14. The lowest BCUT2D eigenvalue weighted by Crippen LogP contribution is -2.05. The van der Waals surface area contributed by atoms with E-state index < -0.39 is 0 Å². The molecule has 1 N–H and O–H groups in total. The monoisotopic (exact) mass is 354 g/mol. The Labute approximate surface area is 159 Å². The molecule has 0 aliphatic carbocycles. The number of pyridine rings is 1. The lowest BCUT2D eigenvalue weighted by molar-refractivity contribution is -0.114. The van der Waals surface area contributed by atoms with Gasteiger partial charge in [-0.05, 0) is 62.2 Å². The van der Waals surface area contributed by atoms with E-state index in [2.05, 4.69) is 62.5 Å². The number of carbonyl (C=O) groups excluding carboxylic acids is 1. The number of rotatable bonds is 2. The molecule has 0 spiro atoms. The quantitative estimate of drug-likeness (QED) is 0.453. The second-order valence-electron chi connectivity index (χ2n) is 7.24. The Kier molecular flexibility index (Phi) is 4.15. The van der Waals surface area contributed by atoms with Gasteiger partial charge in [0.25, 0.3) is 0 Å². The summed E-state index contributed by atoms with van der Waals surface area (Å²) in [7, 11) is 0. The molecule has 3 heteroatoms. The first-order valence-corrected chi connectivity index (χ1v) is 9.12. The van der Waals surface area contributed by atoms with Crippen molar-refractivity contribution in [3.05, 3.63) is 71.3 Å². The fourth-order valence-corrected chi connectivity index (χ4v) is 3.63. The zero-order chi connectivity index (χ0) is 19.1. The highest BCUT2D eigenvalue weighted by atomic mass is 16.1. The molecule has 4 rings (SSSR count). The van der Waals surface area contributed by atoms with Gasteiger partial charge < -0.3 is 5.32 Å². The Hall–Kier alpha value is -3.20. The van der Waals surface area contributed by atoms with E-state index in [1.54, 1.807) is 0 Å². The summed E-state index contributed by atoms with van der Waals surface area (Å²) < 4.78 is 0. The van der Waals surface area contributed by atoms with Gasteiger partial charge in [0, 0.05) is 28.9 Å². The van der Waals surface area contributed by atoms with Crippen molar-refractivity contribution in [2.75, 3.05) is 5.32 Å². The van der Waals surface area contributed by atoms with Crippen molar-refractivity contribution < 1.29 is 4.79 Å². The molecule has 0 fully saturated rings. The lowest BCUT2D eigenvalue weighted by Gasteiger charge is -2.15. The molecule has 134 valence electrons. The molecule has 0 aliphatic heterocycles. The van der Waals surface area contributed by atoms with Crippen LogP contribution in [0.3, 0.4) is 0 Å². The summed E-state index contributed by atoms with van der Waals surface area (Å²) in [5.41, 5.74) is 8.72. The third-order valence-corrected chi connectivity index (χ3v) is 4.91. The summed E-state index contributed by atoms with van der Waals surface area (Å²) >= 11 is 0. The number of nitrogens with one attached hydrogen (secondary N) is 1. The second kappa shape index (κ2) is 6.51. The van der Waals surface area contributed by atoms with E-state index in [1.807, 2.05) is 18.2 Å². The molecule has 0 atom stereocenters. The van der Waals surface area contributed by atoms with Gasteiger partial charge >= 0.3 is 0 Å². The predicted molar refractivity (Wildman–Crippen MR) is 113 cm³/mol. The number of anilines is 1. The fourth-order valence-electron chi connectivity index (χ4n) is 3.63. The second-order valence-corrected chi connectivity index (χ2v) is 7.24. The van der Waals surface area contributed by atoms with Crippen molar-refractivity contribution in [3.63, 3.8) is 0 Å². The SMILES string of the molecule is CC(=O)Nc1ccc2nc3ccc(C)cc3c(-c3cc(C)ccc3C)c2c1. The number of carbonyl (C=O) groups is 1. The van der Waals surface area contributed by atoms with E-state index in [9.17, 15) is 4.79 Å². The normalized spacial score (nSPS) is 11.1. The van der Waals surface area contributed by atoms with Gasteiger partial charge in [-0.25, -0.2) is 4.98 Å². The summed E-state index contributed by atoms with van der Waals surface area (Å²) in [6.07, 6.45) is 0. The van der Waals surface area contributed by atoms with Gasteiger partial charge in [0.05, 0.1) is 11.0 Å². The Morgan fingerprint density at radius 1 is 0.815 bits per heavy atom. The van der Waals surface area contributed by atoms with E-state index in [0.29, 0.717) is 0 Å². The van der Waals surface area contributed by atoms with Crippen LogP contribution >= 0.6 is 0 Å². The van der Waals surface area contributed by atoms with Crippen LogP contribution in [0.25, 0.3) is 32.9 Å². The number of hydrogen-bond acceptors (Lipinski definition) is 2. The van der Waals surface area contributed by atoms with Crippen LogP contribution in [0.2, 0.25) is 0 Å². The molecular weight excluding hydrogens is 332 g/mol. The van der Waals surface area contributed by atoms with Gasteiger partial charge in [0.1, 0.15) is 0 Å². The van der Waals surface area contributed by atoms with E-state index >= 15 is 0 Å². The molecule has 1 amide bonds. The summed E-state index contributed by atoms with van der Waals surface area (Å²) in [5, 5.41) is 5.08. The molecule has 0 aliphatic rings. The molecule has 4 aromatic rings. The minimum Gasteiger partial charge on any atom is -0.326 e. The van der Waals surface area contributed by atoms with E-state index in [1.165, 1.54) is 34.7 Å². The van der Waals surface area contributed by atoms with Crippen molar-refractivity contribution in [2.45, 2.75) is 27.7 Å². The summed E-state index contributed by atoms with van der Waals surface area (Å²) in [4.78, 5) is 16.4. The average molecular weight is 354 g/mol. The van der Waals surface area contributed by atoms with E-state index in [-0.39, 0.29) is 5.91 Å². The third-order valence-electron chi connectivity index (χ3n) is 4.91. The number of aryl methyl sites for hydroxylation is 3. The van der Waals surface area contributed by atoms with Gasteiger partial charge in [0.2, 0.25) is 5.91 Å². The highest BCUT2D eigenvalue weighted by Crippen LogP contribution is 2.38. The number of fused-ring (bicyclic) bond motifs is 2. The highest BCUT2D eigenvalue weighted by molar-refractivity contribution is 6.11. The van der Waals surface area contributed by atoms with Crippen molar-refractivity contribution in [1.29, 1.82) is 0 Å². The summed E-state index contributed by atoms with van der Waals surface area (Å²) in [6, 6.07) is 18.8. The van der Waals surface area contributed by atoms with Crippen molar-refractivity contribution in [3.8, 4) is 11.1 Å².